The quantitative estimate of drug-likeness (QED) is 0.510. The van der Waals surface area contributed by atoms with Gasteiger partial charge in [-0.1, -0.05) is 12.1 Å². The summed E-state index contributed by atoms with van der Waals surface area (Å²) in [4.78, 5) is 12.7. The molecule has 1 N–H and O–H groups in total. The first-order chi connectivity index (χ1) is 13.2. The summed E-state index contributed by atoms with van der Waals surface area (Å²) in [5.74, 6) is -0.481. The second-order valence-electron chi connectivity index (χ2n) is 6.29. The molecule has 6 nitrogen and oxygen atoms in total. The smallest absolute Gasteiger partial charge is 0.268 e. The molecule has 0 saturated carbocycles. The highest BCUT2D eigenvalue weighted by molar-refractivity contribution is 5.97. The van der Waals surface area contributed by atoms with Crippen molar-refractivity contribution in [1.82, 2.24) is 19.7 Å². The molecule has 4 rings (SSSR count). The maximum absolute atomic E-state index is 13.5. The zero-order valence-corrected chi connectivity index (χ0v) is 14.6. The maximum Gasteiger partial charge on any atom is 0.268 e. The Bertz CT molecular complexity index is 1050. The van der Waals surface area contributed by atoms with Crippen LogP contribution < -0.4 is 5.32 Å². The van der Waals surface area contributed by atoms with Crippen LogP contribution in [0.2, 0.25) is 0 Å². The third-order valence-electron chi connectivity index (χ3n) is 4.39. The van der Waals surface area contributed by atoms with Gasteiger partial charge in [0.15, 0.2) is 5.58 Å². The first-order valence-corrected chi connectivity index (χ1v) is 8.77. The van der Waals surface area contributed by atoms with Crippen LogP contribution in [-0.4, -0.2) is 26.8 Å². The SMILES string of the molecule is O=C(NCCCn1cccn1)c1cc2occc2n1Cc1cccc(F)c1. The van der Waals surface area contributed by atoms with Crippen molar-refractivity contribution in [1.29, 1.82) is 0 Å². The van der Waals surface area contributed by atoms with Gasteiger partial charge in [-0.3, -0.25) is 9.48 Å². The molecule has 0 atom stereocenters. The number of furan rings is 1. The summed E-state index contributed by atoms with van der Waals surface area (Å²) in [6.45, 7) is 1.65. The Morgan fingerprint density at radius 3 is 2.96 bits per heavy atom. The zero-order valence-electron chi connectivity index (χ0n) is 14.6. The Balaban J connectivity index is 1.48. The highest BCUT2D eigenvalue weighted by Gasteiger charge is 2.17. The van der Waals surface area contributed by atoms with Crippen molar-refractivity contribution >= 4 is 17.0 Å². The van der Waals surface area contributed by atoms with Crippen LogP contribution in [0.5, 0.6) is 0 Å². The van der Waals surface area contributed by atoms with Crippen LogP contribution in [0.15, 0.2) is 65.5 Å². The van der Waals surface area contributed by atoms with Crippen molar-refractivity contribution in [3.8, 4) is 0 Å². The predicted molar refractivity (Wildman–Crippen MR) is 98.9 cm³/mol. The highest BCUT2D eigenvalue weighted by Crippen LogP contribution is 2.22. The summed E-state index contributed by atoms with van der Waals surface area (Å²) in [5.41, 5.74) is 2.71. The topological polar surface area (TPSA) is 65.0 Å². The molecule has 0 bridgehead atoms. The third kappa shape index (κ3) is 3.76. The monoisotopic (exact) mass is 366 g/mol. The summed E-state index contributed by atoms with van der Waals surface area (Å²) < 4.78 is 22.6. The lowest BCUT2D eigenvalue weighted by Gasteiger charge is -2.11. The van der Waals surface area contributed by atoms with Crippen molar-refractivity contribution in [2.75, 3.05) is 6.54 Å². The van der Waals surface area contributed by atoms with Crippen molar-refractivity contribution < 1.29 is 13.6 Å². The summed E-state index contributed by atoms with van der Waals surface area (Å²) in [6, 6.07) is 11.8. The fourth-order valence-corrected chi connectivity index (χ4v) is 3.12. The molecule has 3 heterocycles. The Kier molecular flexibility index (Phi) is 4.74. The normalized spacial score (nSPS) is 11.1. The Morgan fingerprint density at radius 1 is 1.22 bits per heavy atom. The minimum Gasteiger partial charge on any atom is -0.463 e. The van der Waals surface area contributed by atoms with Crippen molar-refractivity contribution in [3.63, 3.8) is 0 Å². The van der Waals surface area contributed by atoms with Crippen molar-refractivity contribution in [2.24, 2.45) is 0 Å². The van der Waals surface area contributed by atoms with Crippen LogP contribution in [0.25, 0.3) is 11.1 Å². The molecule has 27 heavy (non-hydrogen) atoms. The fraction of sp³-hybridized carbons (Fsp3) is 0.200. The van der Waals surface area contributed by atoms with Crippen LogP contribution in [-0.2, 0) is 13.1 Å². The van der Waals surface area contributed by atoms with E-state index in [0.29, 0.717) is 24.4 Å². The molecule has 3 aromatic heterocycles. The minimum absolute atomic E-state index is 0.182. The predicted octanol–water partition coefficient (Wildman–Crippen LogP) is 3.44. The van der Waals surface area contributed by atoms with Gasteiger partial charge in [0.2, 0.25) is 0 Å². The van der Waals surface area contributed by atoms with E-state index in [1.807, 2.05) is 33.6 Å². The number of hydrogen-bond donors (Lipinski definition) is 1. The van der Waals surface area contributed by atoms with E-state index >= 15 is 0 Å². The highest BCUT2D eigenvalue weighted by atomic mass is 19.1. The molecule has 138 valence electrons. The van der Waals surface area contributed by atoms with Crippen molar-refractivity contribution in [2.45, 2.75) is 19.5 Å². The van der Waals surface area contributed by atoms with E-state index in [2.05, 4.69) is 10.4 Å². The Labute approximate surface area is 155 Å². The first kappa shape index (κ1) is 17.1. The molecule has 0 aliphatic rings. The summed E-state index contributed by atoms with van der Waals surface area (Å²) in [6.07, 6.45) is 5.97. The first-order valence-electron chi connectivity index (χ1n) is 8.77. The molecule has 0 fully saturated rings. The number of carbonyl (C=O) groups excluding carboxylic acids is 1. The molecule has 0 aliphatic carbocycles. The third-order valence-corrected chi connectivity index (χ3v) is 4.39. The van der Waals surface area contributed by atoms with Gasteiger partial charge in [0.1, 0.15) is 11.5 Å². The molecule has 1 amide bonds. The molecular weight excluding hydrogens is 347 g/mol. The number of amides is 1. The number of fused-ring (bicyclic) bond motifs is 1. The molecule has 0 radical (unpaired) electrons. The van der Waals surface area contributed by atoms with Crippen LogP contribution in [0, 0.1) is 5.82 Å². The Hall–Kier alpha value is -3.35. The fourth-order valence-electron chi connectivity index (χ4n) is 3.12. The second-order valence-corrected chi connectivity index (χ2v) is 6.29. The van der Waals surface area contributed by atoms with E-state index in [4.69, 9.17) is 4.42 Å². The van der Waals surface area contributed by atoms with Gasteiger partial charge in [0, 0.05) is 44.2 Å². The van der Waals surface area contributed by atoms with Gasteiger partial charge in [-0.15, -0.1) is 0 Å². The number of hydrogen-bond acceptors (Lipinski definition) is 3. The number of nitrogens with zero attached hydrogens (tertiary/aromatic N) is 3. The molecule has 7 heteroatoms. The van der Waals surface area contributed by atoms with Gasteiger partial charge in [-0.05, 0) is 30.2 Å². The lowest BCUT2D eigenvalue weighted by molar-refractivity contribution is 0.0944. The van der Waals surface area contributed by atoms with E-state index in [9.17, 15) is 9.18 Å². The molecule has 0 spiro atoms. The molecule has 0 aliphatic heterocycles. The number of rotatable bonds is 7. The average Bonchev–Trinajstić information content (AvgIpc) is 3.38. The summed E-state index contributed by atoms with van der Waals surface area (Å²) >= 11 is 0. The largest absolute Gasteiger partial charge is 0.463 e. The van der Waals surface area contributed by atoms with E-state index in [0.717, 1.165) is 24.0 Å². The molecule has 1 aromatic carbocycles. The number of aromatic nitrogens is 3. The minimum atomic E-state index is -0.298. The number of halogens is 1. The number of carbonyl (C=O) groups is 1. The molecule has 0 saturated heterocycles. The lowest BCUT2D eigenvalue weighted by atomic mass is 10.2. The standard InChI is InChI=1S/C20H19FN4O2/c21-16-5-1-4-15(12-16)14-25-17-6-11-27-19(17)13-18(25)20(26)22-7-2-9-24-10-3-8-23-24/h1,3-6,8,10-13H,2,7,9,14H2,(H,22,26). The van der Waals surface area contributed by atoms with Crippen molar-refractivity contribution in [3.05, 3.63) is 78.2 Å². The van der Waals surface area contributed by atoms with Gasteiger partial charge in [-0.2, -0.15) is 5.10 Å². The molecular formula is C20H19FN4O2. The number of nitrogens with one attached hydrogen (secondary N) is 1. The van der Waals surface area contributed by atoms with Crippen LogP contribution in [0.4, 0.5) is 4.39 Å². The van der Waals surface area contributed by atoms with E-state index in [1.54, 1.807) is 24.6 Å². The van der Waals surface area contributed by atoms with Gasteiger partial charge in [-0.25, -0.2) is 4.39 Å². The summed E-state index contributed by atoms with van der Waals surface area (Å²) in [5, 5.41) is 7.07. The van der Waals surface area contributed by atoms with E-state index in [-0.39, 0.29) is 11.7 Å². The number of benzene rings is 1. The zero-order chi connectivity index (χ0) is 18.6. The van der Waals surface area contributed by atoms with Gasteiger partial charge < -0.3 is 14.3 Å². The second kappa shape index (κ2) is 7.49. The molecule has 4 aromatic rings. The van der Waals surface area contributed by atoms with E-state index in [1.165, 1.54) is 12.1 Å². The Morgan fingerprint density at radius 2 is 2.15 bits per heavy atom. The van der Waals surface area contributed by atoms with Gasteiger partial charge in [0.25, 0.3) is 5.91 Å². The van der Waals surface area contributed by atoms with E-state index < -0.39 is 0 Å². The van der Waals surface area contributed by atoms with Gasteiger partial charge >= 0.3 is 0 Å². The average molecular weight is 366 g/mol. The van der Waals surface area contributed by atoms with Crippen LogP contribution in [0.1, 0.15) is 22.5 Å². The van der Waals surface area contributed by atoms with Gasteiger partial charge in [0.05, 0.1) is 11.8 Å². The van der Waals surface area contributed by atoms with Crippen LogP contribution in [0.3, 0.4) is 0 Å². The maximum atomic E-state index is 13.5. The summed E-state index contributed by atoms with van der Waals surface area (Å²) in [7, 11) is 0. The molecule has 0 unspecified atom stereocenters. The lowest BCUT2D eigenvalue weighted by Crippen LogP contribution is -2.27. The van der Waals surface area contributed by atoms with Crippen LogP contribution >= 0.6 is 0 Å². The number of aryl methyl sites for hydroxylation is 1.